The summed E-state index contributed by atoms with van der Waals surface area (Å²) in [5.41, 5.74) is 2.84. The highest BCUT2D eigenvalue weighted by Gasteiger charge is 2.15. The summed E-state index contributed by atoms with van der Waals surface area (Å²) >= 11 is 0. The Morgan fingerprint density at radius 2 is 1.94 bits per heavy atom. The smallest absolute Gasteiger partial charge is 0.180 e. The van der Waals surface area contributed by atoms with E-state index in [0.29, 0.717) is 17.9 Å². The molecule has 0 bridgehead atoms. The molecule has 0 spiro atoms. The largest absolute Gasteiger partial charge is 0.496 e. The minimum Gasteiger partial charge on any atom is -0.496 e. The van der Waals surface area contributed by atoms with Crippen molar-refractivity contribution >= 4 is 5.78 Å². The Labute approximate surface area is 97.0 Å². The monoisotopic (exact) mass is 221 g/mol. The molecule has 1 aromatic carbocycles. The lowest BCUT2D eigenvalue weighted by Crippen LogP contribution is -2.22. The summed E-state index contributed by atoms with van der Waals surface area (Å²) in [6, 6.07) is 3.80. The summed E-state index contributed by atoms with van der Waals surface area (Å²) in [4.78, 5) is 13.8. The number of carbonyl (C=O) groups is 1. The van der Waals surface area contributed by atoms with Gasteiger partial charge in [-0.05, 0) is 45.1 Å². The molecule has 0 aliphatic carbocycles. The maximum Gasteiger partial charge on any atom is 0.180 e. The number of Topliss-reactive ketones (excluding diaryl/α,β-unsaturated/α-hetero) is 1. The van der Waals surface area contributed by atoms with Crippen LogP contribution in [0.25, 0.3) is 0 Å². The lowest BCUT2D eigenvalue weighted by atomic mass is 10.0. The first-order valence-corrected chi connectivity index (χ1v) is 5.29. The second kappa shape index (κ2) is 5.12. The van der Waals surface area contributed by atoms with Crippen molar-refractivity contribution in [3.05, 3.63) is 28.8 Å². The highest BCUT2D eigenvalue weighted by Crippen LogP contribution is 2.26. The first-order valence-electron chi connectivity index (χ1n) is 5.29. The van der Waals surface area contributed by atoms with Crippen molar-refractivity contribution in [1.29, 1.82) is 0 Å². The number of hydrogen-bond donors (Lipinski definition) is 0. The summed E-state index contributed by atoms with van der Waals surface area (Å²) in [5.74, 6) is 0.789. The van der Waals surface area contributed by atoms with Gasteiger partial charge >= 0.3 is 0 Å². The van der Waals surface area contributed by atoms with Gasteiger partial charge in [0.05, 0.1) is 19.2 Å². The van der Waals surface area contributed by atoms with Gasteiger partial charge in [0.25, 0.3) is 0 Å². The third-order valence-corrected chi connectivity index (χ3v) is 2.64. The predicted molar refractivity (Wildman–Crippen MR) is 65.4 cm³/mol. The van der Waals surface area contributed by atoms with Gasteiger partial charge in [-0.1, -0.05) is 6.07 Å². The third kappa shape index (κ3) is 2.61. The molecule has 0 N–H and O–H groups in total. The van der Waals surface area contributed by atoms with E-state index in [9.17, 15) is 4.79 Å². The maximum atomic E-state index is 12.0. The zero-order valence-electron chi connectivity index (χ0n) is 10.6. The van der Waals surface area contributed by atoms with Crippen LogP contribution < -0.4 is 4.74 Å². The fourth-order valence-corrected chi connectivity index (χ4v) is 1.65. The highest BCUT2D eigenvalue weighted by atomic mass is 16.5. The van der Waals surface area contributed by atoms with Crippen LogP contribution in [0.5, 0.6) is 5.75 Å². The Kier molecular flexibility index (Phi) is 4.07. The van der Waals surface area contributed by atoms with Gasteiger partial charge < -0.3 is 9.64 Å². The number of aryl methyl sites for hydroxylation is 1. The third-order valence-electron chi connectivity index (χ3n) is 2.64. The molecule has 0 aliphatic rings. The highest BCUT2D eigenvalue weighted by molar-refractivity contribution is 6.00. The summed E-state index contributed by atoms with van der Waals surface area (Å²) in [6.45, 7) is 4.39. The SMILES string of the molecule is COc1c(C(=O)CN(C)C)ccc(C)c1C. The van der Waals surface area contributed by atoms with Crippen LogP contribution in [-0.2, 0) is 0 Å². The van der Waals surface area contributed by atoms with Crippen molar-refractivity contribution < 1.29 is 9.53 Å². The first kappa shape index (κ1) is 12.7. The second-order valence-electron chi connectivity index (χ2n) is 4.25. The van der Waals surface area contributed by atoms with Crippen molar-refractivity contribution in [2.45, 2.75) is 13.8 Å². The molecule has 0 amide bonds. The Hall–Kier alpha value is -1.35. The van der Waals surface area contributed by atoms with Crippen LogP contribution in [0.1, 0.15) is 21.5 Å². The number of benzene rings is 1. The van der Waals surface area contributed by atoms with Crippen LogP contribution in [0.3, 0.4) is 0 Å². The molecule has 0 radical (unpaired) electrons. The molecule has 16 heavy (non-hydrogen) atoms. The van der Waals surface area contributed by atoms with Crippen LogP contribution in [0, 0.1) is 13.8 Å². The number of nitrogens with zero attached hydrogens (tertiary/aromatic N) is 1. The van der Waals surface area contributed by atoms with Gasteiger partial charge in [0.15, 0.2) is 5.78 Å². The molecule has 0 aromatic heterocycles. The van der Waals surface area contributed by atoms with Gasteiger partial charge in [0, 0.05) is 0 Å². The zero-order valence-corrected chi connectivity index (χ0v) is 10.6. The Bertz CT molecular complexity index is 397. The quantitative estimate of drug-likeness (QED) is 0.729. The van der Waals surface area contributed by atoms with Crippen LogP contribution in [0.15, 0.2) is 12.1 Å². The lowest BCUT2D eigenvalue weighted by molar-refractivity contribution is 0.0954. The molecule has 0 unspecified atom stereocenters. The molecule has 0 aliphatic heterocycles. The number of likely N-dealkylation sites (N-methyl/N-ethyl adjacent to an activating group) is 1. The first-order chi connectivity index (χ1) is 7.47. The summed E-state index contributed by atoms with van der Waals surface area (Å²) in [7, 11) is 5.37. The van der Waals surface area contributed by atoms with E-state index in [2.05, 4.69) is 0 Å². The Morgan fingerprint density at radius 3 is 2.44 bits per heavy atom. The van der Waals surface area contributed by atoms with E-state index in [4.69, 9.17) is 4.74 Å². The van der Waals surface area contributed by atoms with E-state index in [1.807, 2.05) is 45.0 Å². The van der Waals surface area contributed by atoms with E-state index >= 15 is 0 Å². The molecule has 88 valence electrons. The molecular formula is C13H19NO2. The molecule has 3 nitrogen and oxygen atoms in total. The summed E-state index contributed by atoms with van der Waals surface area (Å²) < 4.78 is 5.32. The van der Waals surface area contributed by atoms with E-state index in [1.165, 1.54) is 0 Å². The molecule has 1 rings (SSSR count). The van der Waals surface area contributed by atoms with Gasteiger partial charge in [0.2, 0.25) is 0 Å². The van der Waals surface area contributed by atoms with Crippen LogP contribution in [0.4, 0.5) is 0 Å². The van der Waals surface area contributed by atoms with E-state index in [1.54, 1.807) is 7.11 Å². The number of ether oxygens (including phenoxy) is 1. The van der Waals surface area contributed by atoms with Crippen molar-refractivity contribution in [3.8, 4) is 5.75 Å². The van der Waals surface area contributed by atoms with E-state index < -0.39 is 0 Å². The minimum absolute atomic E-state index is 0.0879. The normalized spacial score (nSPS) is 10.6. The van der Waals surface area contributed by atoms with Crippen molar-refractivity contribution in [3.63, 3.8) is 0 Å². The molecule has 0 saturated carbocycles. The average Bonchev–Trinajstić information content (AvgIpc) is 2.20. The number of hydrogen-bond acceptors (Lipinski definition) is 3. The van der Waals surface area contributed by atoms with Crippen molar-refractivity contribution in [2.75, 3.05) is 27.7 Å². The second-order valence-corrected chi connectivity index (χ2v) is 4.25. The fourth-order valence-electron chi connectivity index (χ4n) is 1.65. The number of methoxy groups -OCH3 is 1. The predicted octanol–water partition coefficient (Wildman–Crippen LogP) is 2.06. The van der Waals surface area contributed by atoms with E-state index in [-0.39, 0.29) is 5.78 Å². The van der Waals surface area contributed by atoms with Gasteiger partial charge in [-0.2, -0.15) is 0 Å². The van der Waals surface area contributed by atoms with Crippen LogP contribution >= 0.6 is 0 Å². The van der Waals surface area contributed by atoms with Gasteiger partial charge in [-0.3, -0.25) is 4.79 Å². The van der Waals surface area contributed by atoms with Crippen molar-refractivity contribution in [1.82, 2.24) is 4.90 Å². The molecule has 3 heteroatoms. The van der Waals surface area contributed by atoms with Crippen LogP contribution in [-0.4, -0.2) is 38.4 Å². The molecular weight excluding hydrogens is 202 g/mol. The summed E-state index contributed by atoms with van der Waals surface area (Å²) in [6.07, 6.45) is 0. The van der Waals surface area contributed by atoms with Gasteiger partial charge in [-0.25, -0.2) is 0 Å². The number of rotatable bonds is 4. The molecule has 0 heterocycles. The minimum atomic E-state index is 0.0879. The molecule has 1 aromatic rings. The van der Waals surface area contributed by atoms with Gasteiger partial charge in [-0.15, -0.1) is 0 Å². The lowest BCUT2D eigenvalue weighted by Gasteiger charge is -2.14. The number of ketones is 1. The molecule has 0 atom stereocenters. The van der Waals surface area contributed by atoms with Gasteiger partial charge in [0.1, 0.15) is 5.75 Å². The standard InChI is InChI=1S/C13H19NO2/c1-9-6-7-11(12(15)8-14(3)4)13(16-5)10(9)2/h6-7H,8H2,1-5H3. The number of carbonyl (C=O) groups excluding carboxylic acids is 1. The molecule has 0 saturated heterocycles. The molecule has 0 fully saturated rings. The zero-order chi connectivity index (χ0) is 12.3. The fraction of sp³-hybridized carbons (Fsp3) is 0.462. The maximum absolute atomic E-state index is 12.0. The Balaban J connectivity index is 3.14. The Morgan fingerprint density at radius 1 is 1.31 bits per heavy atom. The topological polar surface area (TPSA) is 29.5 Å². The average molecular weight is 221 g/mol. The summed E-state index contributed by atoms with van der Waals surface area (Å²) in [5, 5.41) is 0. The van der Waals surface area contributed by atoms with E-state index in [0.717, 1.165) is 11.1 Å². The van der Waals surface area contributed by atoms with Crippen molar-refractivity contribution in [2.24, 2.45) is 0 Å². The van der Waals surface area contributed by atoms with Crippen LogP contribution in [0.2, 0.25) is 0 Å².